The molecule has 126 valence electrons. The SMILES string of the molecule is CCCCOc1ccc(C=Nc2ccc(OC(=O)CC)cc2)cc1. The Morgan fingerprint density at radius 2 is 1.67 bits per heavy atom. The summed E-state index contributed by atoms with van der Waals surface area (Å²) in [7, 11) is 0. The maximum atomic E-state index is 11.2. The zero-order valence-electron chi connectivity index (χ0n) is 14.2. The van der Waals surface area contributed by atoms with Crippen molar-refractivity contribution in [1.82, 2.24) is 0 Å². The number of nitrogens with zero attached hydrogens (tertiary/aromatic N) is 1. The van der Waals surface area contributed by atoms with E-state index in [-0.39, 0.29) is 5.97 Å². The number of benzene rings is 2. The largest absolute Gasteiger partial charge is 0.494 e. The van der Waals surface area contributed by atoms with Crippen LogP contribution in [0, 0.1) is 0 Å². The quantitative estimate of drug-likeness (QED) is 0.299. The Kier molecular flexibility index (Phi) is 7.02. The van der Waals surface area contributed by atoms with Crippen LogP contribution in [-0.4, -0.2) is 18.8 Å². The van der Waals surface area contributed by atoms with Crippen molar-refractivity contribution in [2.75, 3.05) is 6.61 Å². The predicted molar refractivity (Wildman–Crippen MR) is 96.5 cm³/mol. The van der Waals surface area contributed by atoms with Crippen LogP contribution in [0.3, 0.4) is 0 Å². The number of hydrogen-bond acceptors (Lipinski definition) is 4. The van der Waals surface area contributed by atoms with E-state index in [0.29, 0.717) is 12.2 Å². The molecule has 0 fully saturated rings. The number of ether oxygens (including phenoxy) is 2. The molecular formula is C20H23NO3. The van der Waals surface area contributed by atoms with Crippen molar-refractivity contribution in [2.24, 2.45) is 4.99 Å². The minimum Gasteiger partial charge on any atom is -0.494 e. The van der Waals surface area contributed by atoms with Crippen molar-refractivity contribution < 1.29 is 14.3 Å². The molecule has 0 aliphatic rings. The topological polar surface area (TPSA) is 47.9 Å². The first-order valence-electron chi connectivity index (χ1n) is 8.29. The molecule has 2 aromatic carbocycles. The van der Waals surface area contributed by atoms with E-state index in [1.807, 2.05) is 36.4 Å². The molecule has 24 heavy (non-hydrogen) atoms. The summed E-state index contributed by atoms with van der Waals surface area (Å²) in [5.41, 5.74) is 1.80. The molecule has 0 aromatic heterocycles. The van der Waals surface area contributed by atoms with E-state index in [9.17, 15) is 4.79 Å². The summed E-state index contributed by atoms with van der Waals surface area (Å²) in [6, 6.07) is 15.0. The zero-order valence-corrected chi connectivity index (χ0v) is 14.2. The zero-order chi connectivity index (χ0) is 17.2. The number of carbonyl (C=O) groups excluding carboxylic acids is 1. The molecule has 0 aliphatic carbocycles. The molecule has 0 unspecified atom stereocenters. The highest BCUT2D eigenvalue weighted by atomic mass is 16.5. The Balaban J connectivity index is 1.91. The second kappa shape index (κ2) is 9.50. The van der Waals surface area contributed by atoms with E-state index in [1.165, 1.54) is 0 Å². The lowest BCUT2D eigenvalue weighted by Crippen LogP contribution is -2.04. The summed E-state index contributed by atoms with van der Waals surface area (Å²) in [4.78, 5) is 15.6. The van der Waals surface area contributed by atoms with Gasteiger partial charge in [-0.05, 0) is 60.5 Å². The van der Waals surface area contributed by atoms with Gasteiger partial charge in [0.05, 0.1) is 12.3 Å². The first kappa shape index (κ1) is 17.7. The lowest BCUT2D eigenvalue weighted by molar-refractivity contribution is -0.134. The number of hydrogen-bond donors (Lipinski definition) is 0. The van der Waals surface area contributed by atoms with Gasteiger partial charge in [-0.2, -0.15) is 0 Å². The van der Waals surface area contributed by atoms with E-state index < -0.39 is 0 Å². The van der Waals surface area contributed by atoms with Gasteiger partial charge in [-0.1, -0.05) is 20.3 Å². The molecule has 2 aromatic rings. The average Bonchev–Trinajstić information content (AvgIpc) is 2.62. The number of rotatable bonds is 8. The normalized spacial score (nSPS) is 10.8. The van der Waals surface area contributed by atoms with E-state index in [0.717, 1.165) is 36.4 Å². The van der Waals surface area contributed by atoms with Crippen LogP contribution < -0.4 is 9.47 Å². The first-order chi connectivity index (χ1) is 11.7. The minimum atomic E-state index is -0.243. The third-order valence-corrected chi connectivity index (χ3v) is 3.37. The first-order valence-corrected chi connectivity index (χ1v) is 8.29. The third kappa shape index (κ3) is 5.88. The summed E-state index contributed by atoms with van der Waals surface area (Å²) in [6.45, 7) is 4.66. The van der Waals surface area contributed by atoms with Gasteiger partial charge < -0.3 is 9.47 Å². The molecular weight excluding hydrogens is 302 g/mol. The van der Waals surface area contributed by atoms with Crippen LogP contribution in [-0.2, 0) is 4.79 Å². The molecule has 4 heteroatoms. The molecule has 0 bridgehead atoms. The Morgan fingerprint density at radius 1 is 1.00 bits per heavy atom. The van der Waals surface area contributed by atoms with E-state index in [4.69, 9.17) is 9.47 Å². The van der Waals surface area contributed by atoms with Gasteiger partial charge in [0, 0.05) is 12.6 Å². The summed E-state index contributed by atoms with van der Waals surface area (Å²) < 4.78 is 10.8. The smallest absolute Gasteiger partial charge is 0.310 e. The monoisotopic (exact) mass is 325 g/mol. The van der Waals surface area contributed by atoms with Gasteiger partial charge in [0.2, 0.25) is 0 Å². The summed E-state index contributed by atoms with van der Waals surface area (Å²) >= 11 is 0. The lowest BCUT2D eigenvalue weighted by atomic mass is 10.2. The van der Waals surface area contributed by atoms with Gasteiger partial charge in [-0.15, -0.1) is 0 Å². The molecule has 0 radical (unpaired) electrons. The molecule has 0 N–H and O–H groups in total. The van der Waals surface area contributed by atoms with Crippen LogP contribution in [0.25, 0.3) is 0 Å². The fourth-order valence-corrected chi connectivity index (χ4v) is 1.94. The molecule has 0 amide bonds. The van der Waals surface area contributed by atoms with Crippen molar-refractivity contribution in [3.05, 3.63) is 54.1 Å². The molecule has 0 spiro atoms. The van der Waals surface area contributed by atoms with Crippen LogP contribution in [0.4, 0.5) is 5.69 Å². The van der Waals surface area contributed by atoms with Crippen molar-refractivity contribution in [3.8, 4) is 11.5 Å². The number of aliphatic imine (C=N–C) groups is 1. The Bertz CT molecular complexity index is 660. The molecule has 0 saturated carbocycles. The van der Waals surface area contributed by atoms with Crippen molar-refractivity contribution in [3.63, 3.8) is 0 Å². The van der Waals surface area contributed by atoms with Gasteiger partial charge in [0.15, 0.2) is 0 Å². The molecule has 0 saturated heterocycles. The van der Waals surface area contributed by atoms with Crippen LogP contribution in [0.2, 0.25) is 0 Å². The standard InChI is InChI=1S/C20H23NO3/c1-3-5-14-23-18-10-6-16(7-11-18)15-21-17-8-12-19(13-9-17)24-20(22)4-2/h6-13,15H,3-5,14H2,1-2H3. The van der Waals surface area contributed by atoms with Gasteiger partial charge in [-0.3, -0.25) is 9.79 Å². The highest BCUT2D eigenvalue weighted by Crippen LogP contribution is 2.19. The fraction of sp³-hybridized carbons (Fsp3) is 0.300. The van der Waals surface area contributed by atoms with Crippen LogP contribution in [0.5, 0.6) is 11.5 Å². The van der Waals surface area contributed by atoms with Gasteiger partial charge in [0.25, 0.3) is 0 Å². The lowest BCUT2D eigenvalue weighted by Gasteiger charge is -2.05. The Hall–Kier alpha value is -2.62. The van der Waals surface area contributed by atoms with Crippen LogP contribution >= 0.6 is 0 Å². The van der Waals surface area contributed by atoms with Crippen LogP contribution in [0.15, 0.2) is 53.5 Å². The van der Waals surface area contributed by atoms with Gasteiger partial charge in [-0.25, -0.2) is 0 Å². The summed E-state index contributed by atoms with van der Waals surface area (Å²) in [5.74, 6) is 1.17. The maximum absolute atomic E-state index is 11.2. The highest BCUT2D eigenvalue weighted by molar-refractivity contribution is 5.82. The molecule has 0 heterocycles. The number of esters is 1. The van der Waals surface area contributed by atoms with E-state index in [1.54, 1.807) is 25.3 Å². The highest BCUT2D eigenvalue weighted by Gasteiger charge is 2.00. The minimum absolute atomic E-state index is 0.243. The molecule has 0 aliphatic heterocycles. The second-order valence-corrected chi connectivity index (χ2v) is 5.35. The van der Waals surface area contributed by atoms with Crippen molar-refractivity contribution in [1.29, 1.82) is 0 Å². The fourth-order valence-electron chi connectivity index (χ4n) is 1.94. The van der Waals surface area contributed by atoms with E-state index in [2.05, 4.69) is 11.9 Å². The maximum Gasteiger partial charge on any atom is 0.310 e. The number of unbranched alkanes of at least 4 members (excludes halogenated alkanes) is 1. The van der Waals surface area contributed by atoms with Gasteiger partial charge in [0.1, 0.15) is 11.5 Å². The third-order valence-electron chi connectivity index (χ3n) is 3.37. The van der Waals surface area contributed by atoms with Crippen molar-refractivity contribution in [2.45, 2.75) is 33.1 Å². The molecule has 0 atom stereocenters. The van der Waals surface area contributed by atoms with Crippen LogP contribution in [0.1, 0.15) is 38.7 Å². The molecule has 2 rings (SSSR count). The van der Waals surface area contributed by atoms with Gasteiger partial charge >= 0.3 is 5.97 Å². The number of carbonyl (C=O) groups is 1. The Morgan fingerprint density at radius 3 is 2.29 bits per heavy atom. The van der Waals surface area contributed by atoms with E-state index >= 15 is 0 Å². The Labute approximate surface area is 143 Å². The second-order valence-electron chi connectivity index (χ2n) is 5.35. The average molecular weight is 325 g/mol. The summed E-state index contributed by atoms with van der Waals surface area (Å²) in [6.07, 6.45) is 4.34. The molecule has 4 nitrogen and oxygen atoms in total. The predicted octanol–water partition coefficient (Wildman–Crippen LogP) is 4.93. The van der Waals surface area contributed by atoms with Crippen molar-refractivity contribution >= 4 is 17.9 Å². The summed E-state index contributed by atoms with van der Waals surface area (Å²) in [5, 5.41) is 0.